The first-order valence-electron chi connectivity index (χ1n) is 7.12. The smallest absolute Gasteiger partial charge is 0.267 e. The Kier molecular flexibility index (Phi) is 6.02. The number of nitrogens with zero attached hydrogens (tertiary/aromatic N) is 1. The van der Waals surface area contributed by atoms with Gasteiger partial charge in [0.25, 0.3) is 5.91 Å². The largest absolute Gasteiger partial charge is 0.360 e. The number of halogens is 2. The zero-order chi connectivity index (χ0) is 17.7. The third-order valence-electron chi connectivity index (χ3n) is 3.42. The zero-order valence-electron chi connectivity index (χ0n) is 13.2. The van der Waals surface area contributed by atoms with Crippen LogP contribution < -0.4 is 10.6 Å². The van der Waals surface area contributed by atoms with Gasteiger partial charge < -0.3 is 10.6 Å². The molecule has 24 heavy (non-hydrogen) atoms. The summed E-state index contributed by atoms with van der Waals surface area (Å²) in [4.78, 5) is 12.3. The van der Waals surface area contributed by atoms with Gasteiger partial charge in [0.15, 0.2) is 0 Å². The first-order valence-corrected chi connectivity index (χ1v) is 8.29. The Morgan fingerprint density at radius 1 is 1.29 bits per heavy atom. The Labute approximate surface area is 154 Å². The lowest BCUT2D eigenvalue weighted by Gasteiger charge is -2.09. The third kappa shape index (κ3) is 4.38. The van der Waals surface area contributed by atoms with Crippen LogP contribution in [0.25, 0.3) is 0 Å². The van der Waals surface area contributed by atoms with Gasteiger partial charge in [0.1, 0.15) is 11.6 Å². The van der Waals surface area contributed by atoms with Crippen LogP contribution >= 0.6 is 27.5 Å². The molecule has 0 saturated heterocycles. The minimum atomic E-state index is -0.496. The molecule has 0 unspecified atom stereocenters. The van der Waals surface area contributed by atoms with Crippen molar-refractivity contribution in [3.63, 3.8) is 0 Å². The Hall–Kier alpha value is -2.29. The number of benzene rings is 2. The summed E-state index contributed by atoms with van der Waals surface area (Å²) in [6.07, 6.45) is 1.39. The summed E-state index contributed by atoms with van der Waals surface area (Å²) < 4.78 is 0.992. The highest BCUT2D eigenvalue weighted by Gasteiger charge is 2.11. The van der Waals surface area contributed by atoms with E-state index in [4.69, 9.17) is 11.6 Å². The fourth-order valence-corrected chi connectivity index (χ4v) is 2.39. The fraction of sp³-hybridized carbons (Fsp3) is 0.111. The SMILES string of the molecule is Cc1cc(N/C=C(/C#N)C(=O)Nc2cccc(Cl)c2C)ccc1Br. The predicted octanol–water partition coefficient (Wildman–Crippen LogP) is 5.18. The summed E-state index contributed by atoms with van der Waals surface area (Å²) in [6, 6.07) is 12.8. The van der Waals surface area contributed by atoms with Crippen molar-refractivity contribution in [3.8, 4) is 6.07 Å². The Bertz CT molecular complexity index is 856. The molecule has 0 aliphatic carbocycles. The molecule has 2 aromatic carbocycles. The normalized spacial score (nSPS) is 10.9. The summed E-state index contributed by atoms with van der Waals surface area (Å²) in [5.74, 6) is -0.496. The maximum absolute atomic E-state index is 12.3. The fourth-order valence-electron chi connectivity index (χ4n) is 1.97. The van der Waals surface area contributed by atoms with Crippen LogP contribution in [0.4, 0.5) is 11.4 Å². The second kappa shape index (κ2) is 8.00. The molecule has 2 aromatic rings. The Morgan fingerprint density at radius 2 is 2.04 bits per heavy atom. The van der Waals surface area contributed by atoms with Crippen LogP contribution in [-0.4, -0.2) is 5.91 Å². The molecule has 0 spiro atoms. The first-order chi connectivity index (χ1) is 11.4. The van der Waals surface area contributed by atoms with Gasteiger partial charge in [-0.25, -0.2) is 0 Å². The van der Waals surface area contributed by atoms with Gasteiger partial charge in [-0.2, -0.15) is 5.26 Å². The van der Waals surface area contributed by atoms with E-state index in [1.807, 2.05) is 31.2 Å². The number of amides is 1. The van der Waals surface area contributed by atoms with E-state index in [1.54, 1.807) is 25.1 Å². The van der Waals surface area contributed by atoms with E-state index in [9.17, 15) is 10.1 Å². The van der Waals surface area contributed by atoms with Crippen molar-refractivity contribution in [2.45, 2.75) is 13.8 Å². The van der Waals surface area contributed by atoms with Crippen LogP contribution in [0.1, 0.15) is 11.1 Å². The lowest BCUT2D eigenvalue weighted by Crippen LogP contribution is -2.15. The van der Waals surface area contributed by atoms with E-state index in [0.29, 0.717) is 10.7 Å². The Morgan fingerprint density at radius 3 is 2.71 bits per heavy atom. The van der Waals surface area contributed by atoms with Crippen molar-refractivity contribution in [1.29, 1.82) is 5.26 Å². The van der Waals surface area contributed by atoms with Gasteiger partial charge in [-0.05, 0) is 55.3 Å². The maximum atomic E-state index is 12.3. The van der Waals surface area contributed by atoms with Crippen LogP contribution in [0.3, 0.4) is 0 Å². The summed E-state index contributed by atoms with van der Waals surface area (Å²) in [5, 5.41) is 15.4. The average molecular weight is 405 g/mol. The molecule has 0 fully saturated rings. The second-order valence-corrected chi connectivity index (χ2v) is 6.41. The topological polar surface area (TPSA) is 64.9 Å². The summed E-state index contributed by atoms with van der Waals surface area (Å²) in [7, 11) is 0. The highest BCUT2D eigenvalue weighted by atomic mass is 79.9. The number of nitriles is 1. The Balaban J connectivity index is 2.15. The molecule has 2 rings (SSSR count). The number of rotatable bonds is 4. The molecule has 122 valence electrons. The molecule has 0 radical (unpaired) electrons. The van der Waals surface area contributed by atoms with Gasteiger partial charge in [0.2, 0.25) is 0 Å². The molecule has 0 aliphatic rings. The molecular formula is C18H15BrClN3O. The monoisotopic (exact) mass is 403 g/mol. The molecule has 0 aliphatic heterocycles. The van der Waals surface area contributed by atoms with Crippen LogP contribution in [0, 0.1) is 25.2 Å². The predicted molar refractivity (Wildman–Crippen MR) is 101 cm³/mol. The number of anilines is 2. The molecule has 0 heterocycles. The van der Waals surface area contributed by atoms with Crippen LogP contribution in [0.2, 0.25) is 5.02 Å². The average Bonchev–Trinajstić information content (AvgIpc) is 2.55. The summed E-state index contributed by atoms with van der Waals surface area (Å²) in [6.45, 7) is 3.76. The van der Waals surface area contributed by atoms with Gasteiger partial charge >= 0.3 is 0 Å². The van der Waals surface area contributed by atoms with Gasteiger partial charge in [-0.15, -0.1) is 0 Å². The quantitative estimate of drug-likeness (QED) is 0.545. The van der Waals surface area contributed by atoms with Crippen molar-refractivity contribution >= 4 is 44.8 Å². The van der Waals surface area contributed by atoms with Crippen molar-refractivity contribution in [2.75, 3.05) is 10.6 Å². The molecule has 0 aromatic heterocycles. The lowest BCUT2D eigenvalue weighted by molar-refractivity contribution is -0.112. The van der Waals surface area contributed by atoms with Crippen LogP contribution in [0.15, 0.2) is 52.6 Å². The van der Waals surface area contributed by atoms with E-state index >= 15 is 0 Å². The third-order valence-corrected chi connectivity index (χ3v) is 4.72. The number of carbonyl (C=O) groups is 1. The molecule has 0 saturated carbocycles. The van der Waals surface area contributed by atoms with Crippen molar-refractivity contribution in [3.05, 3.63) is 68.8 Å². The first kappa shape index (κ1) is 18.1. The molecular weight excluding hydrogens is 390 g/mol. The molecule has 2 N–H and O–H groups in total. The number of hydrogen-bond donors (Lipinski definition) is 2. The van der Waals surface area contributed by atoms with Crippen molar-refractivity contribution in [1.82, 2.24) is 0 Å². The summed E-state index contributed by atoms with van der Waals surface area (Å²) >= 11 is 9.46. The highest BCUT2D eigenvalue weighted by Crippen LogP contribution is 2.23. The summed E-state index contributed by atoms with van der Waals surface area (Å²) in [5.41, 5.74) is 3.13. The lowest BCUT2D eigenvalue weighted by atomic mass is 10.2. The van der Waals surface area contributed by atoms with Crippen molar-refractivity contribution < 1.29 is 4.79 Å². The number of hydrogen-bond acceptors (Lipinski definition) is 3. The van der Waals surface area contributed by atoms with Gasteiger partial charge in [0.05, 0.1) is 0 Å². The molecule has 1 amide bonds. The van der Waals surface area contributed by atoms with E-state index in [1.165, 1.54) is 6.20 Å². The number of aryl methyl sites for hydroxylation is 1. The molecule has 0 bridgehead atoms. The van der Waals surface area contributed by atoms with Gasteiger partial charge in [0, 0.05) is 27.1 Å². The van der Waals surface area contributed by atoms with Gasteiger partial charge in [-0.3, -0.25) is 4.79 Å². The van der Waals surface area contributed by atoms with Crippen molar-refractivity contribution in [2.24, 2.45) is 0 Å². The molecule has 0 atom stereocenters. The molecule has 6 heteroatoms. The second-order valence-electron chi connectivity index (χ2n) is 5.14. The number of carbonyl (C=O) groups excluding carboxylic acids is 1. The highest BCUT2D eigenvalue weighted by molar-refractivity contribution is 9.10. The van der Waals surface area contributed by atoms with E-state index < -0.39 is 5.91 Å². The van der Waals surface area contributed by atoms with Crippen LogP contribution in [0.5, 0.6) is 0 Å². The minimum Gasteiger partial charge on any atom is -0.360 e. The molecule has 4 nitrogen and oxygen atoms in total. The standard InChI is InChI=1S/C18H15BrClN3O/c1-11-8-14(6-7-15(11)19)22-10-13(9-21)18(24)23-17-5-3-4-16(20)12(17)2/h3-8,10,22H,1-2H3,(H,23,24)/b13-10-. The minimum absolute atomic E-state index is 0.0325. The van der Waals surface area contributed by atoms with Gasteiger partial charge in [-0.1, -0.05) is 33.6 Å². The number of nitrogens with one attached hydrogen (secondary N) is 2. The van der Waals surface area contributed by atoms with E-state index in [0.717, 1.165) is 21.3 Å². The van der Waals surface area contributed by atoms with E-state index in [2.05, 4.69) is 26.6 Å². The maximum Gasteiger partial charge on any atom is 0.267 e. The zero-order valence-corrected chi connectivity index (χ0v) is 15.5. The van der Waals surface area contributed by atoms with Crippen LogP contribution in [-0.2, 0) is 4.79 Å². The van der Waals surface area contributed by atoms with E-state index in [-0.39, 0.29) is 5.57 Å².